The minimum absolute atomic E-state index is 0.242. The summed E-state index contributed by atoms with van der Waals surface area (Å²) in [7, 11) is 0. The second-order valence-corrected chi connectivity index (χ2v) is 3.58. The van der Waals surface area contributed by atoms with Gasteiger partial charge in [0.05, 0.1) is 0 Å². The number of aryl methyl sites for hydroxylation is 1. The molecule has 0 fully saturated rings. The fourth-order valence-corrected chi connectivity index (χ4v) is 1.45. The van der Waals surface area contributed by atoms with Crippen LogP contribution in [0.1, 0.15) is 22.8 Å². The van der Waals surface area contributed by atoms with Crippen molar-refractivity contribution in [3.63, 3.8) is 0 Å². The lowest BCUT2D eigenvalue weighted by atomic mass is 10.1. The standard InChI is InChI=1S/C12H15NO3/c1-3-13(8-11(14)15)12(16)10-6-4-5-9(2)7-10/h4-7H,3,8H2,1-2H3,(H,14,15). The first-order valence-electron chi connectivity index (χ1n) is 5.12. The molecule has 0 saturated heterocycles. The van der Waals surface area contributed by atoms with Gasteiger partial charge in [0.25, 0.3) is 5.91 Å². The van der Waals surface area contributed by atoms with E-state index in [0.29, 0.717) is 12.1 Å². The van der Waals surface area contributed by atoms with Gasteiger partial charge in [-0.05, 0) is 26.0 Å². The maximum Gasteiger partial charge on any atom is 0.323 e. The zero-order valence-electron chi connectivity index (χ0n) is 9.43. The Morgan fingerprint density at radius 3 is 2.56 bits per heavy atom. The van der Waals surface area contributed by atoms with Gasteiger partial charge in [-0.2, -0.15) is 0 Å². The van der Waals surface area contributed by atoms with E-state index in [-0.39, 0.29) is 12.5 Å². The number of carboxylic acids is 1. The van der Waals surface area contributed by atoms with Gasteiger partial charge in [0.2, 0.25) is 0 Å². The summed E-state index contributed by atoms with van der Waals surface area (Å²) in [6, 6.07) is 7.13. The number of carbonyl (C=O) groups excluding carboxylic acids is 1. The van der Waals surface area contributed by atoms with Crippen LogP contribution in [0.5, 0.6) is 0 Å². The van der Waals surface area contributed by atoms with Crippen molar-refractivity contribution >= 4 is 11.9 Å². The van der Waals surface area contributed by atoms with E-state index in [1.54, 1.807) is 25.1 Å². The van der Waals surface area contributed by atoms with Crippen LogP contribution >= 0.6 is 0 Å². The highest BCUT2D eigenvalue weighted by molar-refractivity contribution is 5.95. The molecule has 0 saturated carbocycles. The van der Waals surface area contributed by atoms with E-state index in [0.717, 1.165) is 5.56 Å². The van der Waals surface area contributed by atoms with Crippen LogP contribution in [-0.2, 0) is 4.79 Å². The van der Waals surface area contributed by atoms with Crippen molar-refractivity contribution in [2.75, 3.05) is 13.1 Å². The molecule has 0 heterocycles. The number of carboxylic acid groups (broad SMARTS) is 1. The SMILES string of the molecule is CCN(CC(=O)O)C(=O)c1cccc(C)c1. The van der Waals surface area contributed by atoms with E-state index in [1.165, 1.54) is 4.90 Å². The molecule has 16 heavy (non-hydrogen) atoms. The van der Waals surface area contributed by atoms with Crippen LogP contribution in [0, 0.1) is 6.92 Å². The minimum Gasteiger partial charge on any atom is -0.480 e. The van der Waals surface area contributed by atoms with Gasteiger partial charge in [-0.1, -0.05) is 17.7 Å². The maximum absolute atomic E-state index is 11.9. The molecule has 0 aliphatic heterocycles. The molecule has 4 heteroatoms. The summed E-state index contributed by atoms with van der Waals surface area (Å²) in [5.41, 5.74) is 1.51. The third-order valence-electron chi connectivity index (χ3n) is 2.26. The number of benzene rings is 1. The summed E-state index contributed by atoms with van der Waals surface area (Å²) in [6.07, 6.45) is 0. The lowest BCUT2D eigenvalue weighted by Gasteiger charge is -2.18. The molecule has 1 rings (SSSR count). The molecular weight excluding hydrogens is 206 g/mol. The third-order valence-corrected chi connectivity index (χ3v) is 2.26. The summed E-state index contributed by atoms with van der Waals surface area (Å²) < 4.78 is 0. The number of hydrogen-bond acceptors (Lipinski definition) is 2. The molecule has 0 radical (unpaired) electrons. The first-order valence-corrected chi connectivity index (χ1v) is 5.12. The van der Waals surface area contributed by atoms with Gasteiger partial charge in [-0.3, -0.25) is 9.59 Å². The lowest BCUT2D eigenvalue weighted by molar-refractivity contribution is -0.137. The Balaban J connectivity index is 2.86. The van der Waals surface area contributed by atoms with Crippen molar-refractivity contribution in [3.8, 4) is 0 Å². The zero-order chi connectivity index (χ0) is 12.1. The average molecular weight is 221 g/mol. The quantitative estimate of drug-likeness (QED) is 0.839. The summed E-state index contributed by atoms with van der Waals surface area (Å²) >= 11 is 0. The van der Waals surface area contributed by atoms with E-state index in [4.69, 9.17) is 5.11 Å². The molecule has 1 N–H and O–H groups in total. The smallest absolute Gasteiger partial charge is 0.323 e. The number of hydrogen-bond donors (Lipinski definition) is 1. The molecule has 86 valence electrons. The molecular formula is C12H15NO3. The van der Waals surface area contributed by atoms with E-state index in [9.17, 15) is 9.59 Å². The molecule has 1 aromatic rings. The third kappa shape index (κ3) is 3.08. The van der Waals surface area contributed by atoms with Crippen molar-refractivity contribution in [1.82, 2.24) is 4.90 Å². The molecule has 0 aliphatic carbocycles. The number of rotatable bonds is 4. The number of carbonyl (C=O) groups is 2. The van der Waals surface area contributed by atoms with Gasteiger partial charge in [0, 0.05) is 12.1 Å². The Kier molecular flexibility index (Phi) is 4.05. The zero-order valence-corrected chi connectivity index (χ0v) is 9.43. The highest BCUT2D eigenvalue weighted by Gasteiger charge is 2.16. The van der Waals surface area contributed by atoms with Gasteiger partial charge >= 0.3 is 5.97 Å². The van der Waals surface area contributed by atoms with E-state index in [2.05, 4.69) is 0 Å². The summed E-state index contributed by atoms with van der Waals surface area (Å²) in [5.74, 6) is -1.24. The fourth-order valence-electron chi connectivity index (χ4n) is 1.45. The van der Waals surface area contributed by atoms with Crippen molar-refractivity contribution in [2.45, 2.75) is 13.8 Å². The van der Waals surface area contributed by atoms with Crippen molar-refractivity contribution < 1.29 is 14.7 Å². The molecule has 1 amide bonds. The van der Waals surface area contributed by atoms with Gasteiger partial charge in [-0.25, -0.2) is 0 Å². The van der Waals surface area contributed by atoms with Crippen LogP contribution in [0.2, 0.25) is 0 Å². The Morgan fingerprint density at radius 2 is 2.06 bits per heavy atom. The van der Waals surface area contributed by atoms with E-state index >= 15 is 0 Å². The van der Waals surface area contributed by atoms with Crippen molar-refractivity contribution in [2.24, 2.45) is 0 Å². The van der Waals surface area contributed by atoms with Gasteiger partial charge in [0.1, 0.15) is 6.54 Å². The van der Waals surface area contributed by atoms with Crippen LogP contribution in [0.25, 0.3) is 0 Å². The topological polar surface area (TPSA) is 57.6 Å². The second kappa shape index (κ2) is 5.30. The molecule has 0 bridgehead atoms. The largest absolute Gasteiger partial charge is 0.480 e. The number of amides is 1. The minimum atomic E-state index is -0.997. The van der Waals surface area contributed by atoms with Crippen LogP contribution in [-0.4, -0.2) is 35.0 Å². The molecule has 4 nitrogen and oxygen atoms in total. The van der Waals surface area contributed by atoms with Gasteiger partial charge < -0.3 is 10.0 Å². The van der Waals surface area contributed by atoms with Gasteiger partial charge in [0.15, 0.2) is 0 Å². The van der Waals surface area contributed by atoms with Gasteiger partial charge in [-0.15, -0.1) is 0 Å². The van der Waals surface area contributed by atoms with Crippen LogP contribution in [0.4, 0.5) is 0 Å². The Morgan fingerprint density at radius 1 is 1.38 bits per heavy atom. The maximum atomic E-state index is 11.9. The fraction of sp³-hybridized carbons (Fsp3) is 0.333. The monoisotopic (exact) mass is 221 g/mol. The summed E-state index contributed by atoms with van der Waals surface area (Å²) in [4.78, 5) is 23.8. The molecule has 0 spiro atoms. The Hall–Kier alpha value is -1.84. The first kappa shape index (κ1) is 12.2. The Labute approximate surface area is 94.5 Å². The average Bonchev–Trinajstić information content (AvgIpc) is 2.24. The molecule has 1 aromatic carbocycles. The van der Waals surface area contributed by atoms with Crippen LogP contribution < -0.4 is 0 Å². The predicted octanol–water partition coefficient (Wildman–Crippen LogP) is 1.54. The molecule has 0 atom stereocenters. The number of nitrogens with zero attached hydrogens (tertiary/aromatic N) is 1. The Bertz CT molecular complexity index is 401. The molecule has 0 aromatic heterocycles. The number of likely N-dealkylation sites (N-methyl/N-ethyl adjacent to an activating group) is 1. The predicted molar refractivity (Wildman–Crippen MR) is 60.4 cm³/mol. The summed E-state index contributed by atoms with van der Waals surface area (Å²) in [5, 5.41) is 8.67. The van der Waals surface area contributed by atoms with Crippen molar-refractivity contribution in [1.29, 1.82) is 0 Å². The summed E-state index contributed by atoms with van der Waals surface area (Å²) in [6.45, 7) is 3.78. The first-order chi connectivity index (χ1) is 7.54. The lowest BCUT2D eigenvalue weighted by Crippen LogP contribution is -2.35. The highest BCUT2D eigenvalue weighted by atomic mass is 16.4. The normalized spacial score (nSPS) is 9.88. The van der Waals surface area contributed by atoms with Crippen molar-refractivity contribution in [3.05, 3.63) is 35.4 Å². The van der Waals surface area contributed by atoms with E-state index in [1.807, 2.05) is 13.0 Å². The molecule has 0 unspecified atom stereocenters. The molecule has 0 aliphatic rings. The van der Waals surface area contributed by atoms with Crippen LogP contribution in [0.3, 0.4) is 0 Å². The second-order valence-electron chi connectivity index (χ2n) is 3.58. The van der Waals surface area contributed by atoms with Crippen LogP contribution in [0.15, 0.2) is 24.3 Å². The number of aliphatic carboxylic acids is 1. The highest BCUT2D eigenvalue weighted by Crippen LogP contribution is 2.07. The van der Waals surface area contributed by atoms with E-state index < -0.39 is 5.97 Å².